The Hall–Kier alpha value is -2.83. The molecular formula is C13H12N6O. The van der Waals surface area contributed by atoms with Crippen LogP contribution in [0.3, 0.4) is 0 Å². The van der Waals surface area contributed by atoms with Crippen LogP contribution in [0.5, 0.6) is 0 Å². The van der Waals surface area contributed by atoms with E-state index in [1.54, 1.807) is 6.33 Å². The molecule has 1 aliphatic heterocycles. The molecule has 1 atom stereocenters. The lowest BCUT2D eigenvalue weighted by Gasteiger charge is -2.13. The Morgan fingerprint density at radius 2 is 2.20 bits per heavy atom. The number of benzene rings is 1. The summed E-state index contributed by atoms with van der Waals surface area (Å²) in [6, 6.07) is 8.11. The van der Waals surface area contributed by atoms with Crippen molar-refractivity contribution in [2.24, 2.45) is 0 Å². The van der Waals surface area contributed by atoms with E-state index in [1.807, 2.05) is 22.8 Å². The first kappa shape index (κ1) is 11.0. The van der Waals surface area contributed by atoms with Gasteiger partial charge in [0.25, 0.3) is 5.56 Å². The number of aromatic nitrogens is 4. The second-order valence-electron chi connectivity index (χ2n) is 4.80. The van der Waals surface area contributed by atoms with Crippen LogP contribution in [0.1, 0.15) is 11.7 Å². The molecule has 100 valence electrons. The molecule has 3 heterocycles. The number of nitrogens with zero attached hydrogens (tertiary/aromatic N) is 3. The summed E-state index contributed by atoms with van der Waals surface area (Å²) in [5.41, 5.74) is 8.42. The highest BCUT2D eigenvalue weighted by Gasteiger charge is 2.23. The molecule has 1 aromatic carbocycles. The third-order valence-corrected chi connectivity index (χ3v) is 3.54. The quantitative estimate of drug-likeness (QED) is 0.607. The minimum absolute atomic E-state index is 0.00824. The number of aromatic amines is 1. The molecule has 7 heteroatoms. The summed E-state index contributed by atoms with van der Waals surface area (Å²) in [7, 11) is 0. The van der Waals surface area contributed by atoms with Gasteiger partial charge in [-0.15, -0.1) is 0 Å². The Morgan fingerprint density at radius 1 is 1.35 bits per heavy atom. The van der Waals surface area contributed by atoms with E-state index in [1.165, 1.54) is 5.56 Å². The number of imidazole rings is 1. The molecule has 20 heavy (non-hydrogen) atoms. The van der Waals surface area contributed by atoms with E-state index in [0.29, 0.717) is 11.2 Å². The second kappa shape index (κ2) is 3.83. The number of para-hydroxylation sites is 1. The standard InChI is InChI=1S/C13H12N6O/c14-13-17-11-10(12(20)18-13)15-6-19(11)9-5-7-3-1-2-4-8(7)16-9/h1-4,6,9,16H,5H2,(H3,14,17,18,20). The number of rotatable bonds is 1. The van der Waals surface area contributed by atoms with Crippen LogP contribution in [0.4, 0.5) is 11.6 Å². The first-order chi connectivity index (χ1) is 9.72. The van der Waals surface area contributed by atoms with Crippen molar-refractivity contribution in [1.82, 2.24) is 19.5 Å². The van der Waals surface area contributed by atoms with E-state index >= 15 is 0 Å². The molecule has 0 radical (unpaired) electrons. The van der Waals surface area contributed by atoms with E-state index in [4.69, 9.17) is 5.73 Å². The van der Waals surface area contributed by atoms with Crippen molar-refractivity contribution in [3.8, 4) is 0 Å². The maximum atomic E-state index is 11.8. The zero-order valence-electron chi connectivity index (χ0n) is 10.5. The minimum atomic E-state index is -0.318. The van der Waals surface area contributed by atoms with Crippen molar-refractivity contribution in [3.63, 3.8) is 0 Å². The first-order valence-corrected chi connectivity index (χ1v) is 6.29. The number of H-pyrrole nitrogens is 1. The van der Waals surface area contributed by atoms with Crippen molar-refractivity contribution in [3.05, 3.63) is 46.5 Å². The van der Waals surface area contributed by atoms with Crippen LogP contribution >= 0.6 is 0 Å². The van der Waals surface area contributed by atoms with Crippen molar-refractivity contribution < 1.29 is 0 Å². The summed E-state index contributed by atoms with van der Waals surface area (Å²) < 4.78 is 1.85. The average molecular weight is 268 g/mol. The number of hydrogen-bond acceptors (Lipinski definition) is 5. The van der Waals surface area contributed by atoms with Gasteiger partial charge in [0, 0.05) is 12.1 Å². The van der Waals surface area contributed by atoms with Crippen LogP contribution in [0.15, 0.2) is 35.4 Å². The van der Waals surface area contributed by atoms with Gasteiger partial charge in [-0.2, -0.15) is 4.98 Å². The van der Waals surface area contributed by atoms with Crippen molar-refractivity contribution >= 4 is 22.8 Å². The molecule has 0 saturated heterocycles. The highest BCUT2D eigenvalue weighted by molar-refractivity contribution is 5.71. The van der Waals surface area contributed by atoms with E-state index < -0.39 is 0 Å². The molecule has 4 rings (SSSR count). The monoisotopic (exact) mass is 268 g/mol. The molecule has 0 amide bonds. The molecular weight excluding hydrogens is 256 g/mol. The Labute approximate surface area is 113 Å². The van der Waals surface area contributed by atoms with E-state index in [0.717, 1.165) is 12.1 Å². The van der Waals surface area contributed by atoms with Crippen molar-refractivity contribution in [2.75, 3.05) is 11.1 Å². The maximum absolute atomic E-state index is 11.8. The molecule has 3 aromatic rings. The Bertz CT molecular complexity index is 840. The molecule has 0 aliphatic carbocycles. The third-order valence-electron chi connectivity index (χ3n) is 3.54. The van der Waals surface area contributed by atoms with E-state index in [-0.39, 0.29) is 17.7 Å². The second-order valence-corrected chi connectivity index (χ2v) is 4.80. The van der Waals surface area contributed by atoms with Gasteiger partial charge in [-0.1, -0.05) is 18.2 Å². The van der Waals surface area contributed by atoms with Crippen molar-refractivity contribution in [1.29, 1.82) is 0 Å². The Kier molecular flexibility index (Phi) is 2.11. The Balaban J connectivity index is 1.83. The van der Waals surface area contributed by atoms with Gasteiger partial charge in [-0.3, -0.25) is 14.3 Å². The fourth-order valence-corrected chi connectivity index (χ4v) is 2.62. The van der Waals surface area contributed by atoms with Crippen LogP contribution in [0.2, 0.25) is 0 Å². The van der Waals surface area contributed by atoms with Crippen LogP contribution in [0.25, 0.3) is 11.2 Å². The normalized spacial score (nSPS) is 17.1. The van der Waals surface area contributed by atoms with Gasteiger partial charge in [0.2, 0.25) is 5.95 Å². The lowest BCUT2D eigenvalue weighted by Crippen LogP contribution is -2.17. The van der Waals surface area contributed by atoms with Crippen LogP contribution in [-0.4, -0.2) is 19.5 Å². The van der Waals surface area contributed by atoms with Crippen LogP contribution in [-0.2, 0) is 6.42 Å². The summed E-state index contributed by atoms with van der Waals surface area (Å²) in [5.74, 6) is 0.0970. The zero-order chi connectivity index (χ0) is 13.7. The predicted octanol–water partition coefficient (Wildman–Crippen LogP) is 0.869. The van der Waals surface area contributed by atoms with Gasteiger partial charge >= 0.3 is 0 Å². The van der Waals surface area contributed by atoms with E-state index in [9.17, 15) is 4.79 Å². The van der Waals surface area contributed by atoms with Gasteiger partial charge in [-0.05, 0) is 11.6 Å². The fraction of sp³-hybridized carbons (Fsp3) is 0.154. The predicted molar refractivity (Wildman–Crippen MR) is 75.4 cm³/mol. The van der Waals surface area contributed by atoms with Gasteiger partial charge < -0.3 is 11.1 Å². The number of nitrogen functional groups attached to an aromatic ring is 1. The lowest BCUT2D eigenvalue weighted by atomic mass is 10.1. The summed E-state index contributed by atoms with van der Waals surface area (Å²) in [5, 5.41) is 3.40. The molecule has 2 aromatic heterocycles. The highest BCUT2D eigenvalue weighted by atomic mass is 16.1. The van der Waals surface area contributed by atoms with Crippen LogP contribution in [0, 0.1) is 0 Å². The molecule has 0 spiro atoms. The van der Waals surface area contributed by atoms with E-state index in [2.05, 4.69) is 26.3 Å². The first-order valence-electron chi connectivity index (χ1n) is 6.29. The largest absolute Gasteiger partial charge is 0.369 e. The molecule has 7 nitrogen and oxygen atoms in total. The van der Waals surface area contributed by atoms with Gasteiger partial charge in [0.1, 0.15) is 6.17 Å². The smallest absolute Gasteiger partial charge is 0.280 e. The minimum Gasteiger partial charge on any atom is -0.369 e. The number of nitrogens with two attached hydrogens (primary N) is 1. The maximum Gasteiger partial charge on any atom is 0.280 e. The number of anilines is 2. The Morgan fingerprint density at radius 3 is 3.05 bits per heavy atom. The van der Waals surface area contributed by atoms with Crippen LogP contribution < -0.4 is 16.6 Å². The average Bonchev–Trinajstić information content (AvgIpc) is 3.00. The molecule has 0 saturated carbocycles. The SMILES string of the molecule is Nc1nc2c(ncn2C2Cc3ccccc3N2)c(=O)[nH]1. The summed E-state index contributed by atoms with van der Waals surface area (Å²) >= 11 is 0. The molecule has 0 fully saturated rings. The number of nitrogens with one attached hydrogen (secondary N) is 2. The van der Waals surface area contributed by atoms with Gasteiger partial charge in [0.15, 0.2) is 11.2 Å². The lowest BCUT2D eigenvalue weighted by molar-refractivity contribution is 0.595. The number of fused-ring (bicyclic) bond motifs is 2. The fourth-order valence-electron chi connectivity index (χ4n) is 2.62. The molecule has 0 bridgehead atoms. The summed E-state index contributed by atoms with van der Waals surface area (Å²) in [6.07, 6.45) is 2.43. The topological polar surface area (TPSA) is 102 Å². The van der Waals surface area contributed by atoms with Gasteiger partial charge in [0.05, 0.1) is 6.33 Å². The van der Waals surface area contributed by atoms with Crippen molar-refractivity contribution in [2.45, 2.75) is 12.6 Å². The highest BCUT2D eigenvalue weighted by Crippen LogP contribution is 2.31. The number of hydrogen-bond donors (Lipinski definition) is 3. The van der Waals surface area contributed by atoms with Gasteiger partial charge in [-0.25, -0.2) is 4.98 Å². The zero-order valence-corrected chi connectivity index (χ0v) is 10.5. The molecule has 4 N–H and O–H groups in total. The third kappa shape index (κ3) is 1.49. The molecule has 1 unspecified atom stereocenters. The summed E-state index contributed by atoms with van der Waals surface area (Å²) in [4.78, 5) is 22.5. The summed E-state index contributed by atoms with van der Waals surface area (Å²) in [6.45, 7) is 0. The molecule has 1 aliphatic rings.